The second-order valence-corrected chi connectivity index (χ2v) is 6.20. The van der Waals surface area contributed by atoms with Crippen molar-refractivity contribution in [2.45, 2.75) is 63.8 Å². The Morgan fingerprint density at radius 1 is 1.43 bits per heavy atom. The van der Waals surface area contributed by atoms with Gasteiger partial charge in [0.25, 0.3) is 0 Å². The first-order valence-electron chi connectivity index (χ1n) is 7.73. The summed E-state index contributed by atoms with van der Waals surface area (Å²) in [5.74, 6) is -0.251. The molecule has 0 aromatic heterocycles. The Bertz CT molecular complexity index is 486. The zero-order chi connectivity index (χ0) is 15.3. The monoisotopic (exact) mass is 292 g/mol. The predicted octanol–water partition coefficient (Wildman–Crippen LogP) is 4.37. The van der Waals surface area contributed by atoms with Gasteiger partial charge in [0.2, 0.25) is 0 Å². The molecule has 2 unspecified atom stereocenters. The van der Waals surface area contributed by atoms with Crippen molar-refractivity contribution in [2.75, 3.05) is 0 Å². The van der Waals surface area contributed by atoms with Crippen LogP contribution in [0.15, 0.2) is 36.4 Å². The van der Waals surface area contributed by atoms with E-state index in [2.05, 4.69) is 6.58 Å². The summed E-state index contributed by atoms with van der Waals surface area (Å²) in [4.78, 5) is 0. The average molecular weight is 292 g/mol. The molecule has 116 valence electrons. The van der Waals surface area contributed by atoms with Gasteiger partial charge in [-0.1, -0.05) is 36.6 Å². The van der Waals surface area contributed by atoms with Crippen molar-refractivity contribution in [1.29, 1.82) is 0 Å². The van der Waals surface area contributed by atoms with E-state index in [9.17, 15) is 9.50 Å². The van der Waals surface area contributed by atoms with Gasteiger partial charge in [-0.3, -0.25) is 0 Å². The number of allylic oxidation sites excluding steroid dienone is 1. The van der Waals surface area contributed by atoms with Crippen LogP contribution in [-0.2, 0) is 11.3 Å². The Hall–Kier alpha value is -1.19. The molecule has 1 fully saturated rings. The summed E-state index contributed by atoms with van der Waals surface area (Å²) in [6.07, 6.45) is 4.91. The molecule has 3 heteroatoms. The molecule has 0 amide bonds. The predicted molar refractivity (Wildman–Crippen MR) is 82.4 cm³/mol. The zero-order valence-electron chi connectivity index (χ0n) is 12.8. The molecule has 1 saturated carbocycles. The van der Waals surface area contributed by atoms with Crippen LogP contribution in [0.2, 0.25) is 0 Å². The first kappa shape index (κ1) is 16.2. The highest BCUT2D eigenvalue weighted by Crippen LogP contribution is 2.35. The quantitative estimate of drug-likeness (QED) is 0.789. The smallest absolute Gasteiger partial charge is 0.128 e. The fraction of sp³-hybridized carbons (Fsp3) is 0.556. The highest BCUT2D eigenvalue weighted by molar-refractivity contribution is 5.16. The number of hydrogen-bond acceptors (Lipinski definition) is 2. The van der Waals surface area contributed by atoms with Crippen LogP contribution in [0, 0.1) is 5.82 Å². The minimum Gasteiger partial charge on any atom is -0.387 e. The van der Waals surface area contributed by atoms with E-state index in [-0.39, 0.29) is 18.5 Å². The molecule has 0 aliphatic heterocycles. The van der Waals surface area contributed by atoms with E-state index in [4.69, 9.17) is 4.74 Å². The summed E-state index contributed by atoms with van der Waals surface area (Å²) in [6.45, 7) is 6.09. The lowest BCUT2D eigenvalue weighted by atomic mass is 9.78. The Morgan fingerprint density at radius 3 is 2.90 bits per heavy atom. The first-order valence-corrected chi connectivity index (χ1v) is 7.73. The molecule has 0 heterocycles. The molecular weight excluding hydrogens is 267 g/mol. The molecule has 21 heavy (non-hydrogen) atoms. The van der Waals surface area contributed by atoms with Gasteiger partial charge in [-0.25, -0.2) is 4.39 Å². The number of rotatable bonds is 6. The van der Waals surface area contributed by atoms with Gasteiger partial charge >= 0.3 is 0 Å². The third-order valence-electron chi connectivity index (χ3n) is 4.31. The molecule has 1 N–H and O–H groups in total. The summed E-state index contributed by atoms with van der Waals surface area (Å²) in [7, 11) is 0. The lowest BCUT2D eigenvalue weighted by molar-refractivity contribution is -0.140. The third-order valence-corrected chi connectivity index (χ3v) is 4.31. The topological polar surface area (TPSA) is 29.5 Å². The van der Waals surface area contributed by atoms with Crippen LogP contribution < -0.4 is 0 Å². The maximum absolute atomic E-state index is 13.6. The number of ether oxygens (including phenoxy) is 1. The van der Waals surface area contributed by atoms with Crippen LogP contribution >= 0.6 is 0 Å². The van der Waals surface area contributed by atoms with Gasteiger partial charge in [0.05, 0.1) is 18.3 Å². The number of aliphatic hydroxyl groups is 1. The van der Waals surface area contributed by atoms with Crippen LogP contribution in [-0.4, -0.2) is 16.8 Å². The van der Waals surface area contributed by atoms with Gasteiger partial charge in [0.1, 0.15) is 5.82 Å². The lowest BCUT2D eigenvalue weighted by Crippen LogP contribution is -2.46. The third kappa shape index (κ3) is 4.39. The van der Waals surface area contributed by atoms with E-state index in [0.717, 1.165) is 37.7 Å². The average Bonchev–Trinajstić information content (AvgIpc) is 2.46. The minimum absolute atomic E-state index is 0.215. The summed E-state index contributed by atoms with van der Waals surface area (Å²) in [6, 6.07) is 6.64. The summed E-state index contributed by atoms with van der Waals surface area (Å²) in [5.41, 5.74) is 0.815. The van der Waals surface area contributed by atoms with Crippen molar-refractivity contribution < 1.29 is 14.2 Å². The SMILES string of the molecule is C=C(C)CCC1(O)CCCCC1OCc1ccccc1F. The van der Waals surface area contributed by atoms with E-state index < -0.39 is 5.60 Å². The zero-order valence-corrected chi connectivity index (χ0v) is 12.8. The molecule has 0 saturated heterocycles. The Kier molecular flexibility index (Phi) is 5.54. The Morgan fingerprint density at radius 2 is 2.19 bits per heavy atom. The van der Waals surface area contributed by atoms with Crippen LogP contribution in [0.3, 0.4) is 0 Å². The number of halogens is 1. The van der Waals surface area contributed by atoms with E-state index >= 15 is 0 Å². The van der Waals surface area contributed by atoms with E-state index in [0.29, 0.717) is 12.0 Å². The molecule has 2 rings (SSSR count). The first-order chi connectivity index (χ1) is 10.0. The molecule has 1 aromatic rings. The second kappa shape index (κ2) is 7.19. The number of hydrogen-bond donors (Lipinski definition) is 1. The maximum atomic E-state index is 13.6. The van der Waals surface area contributed by atoms with Crippen molar-refractivity contribution >= 4 is 0 Å². The van der Waals surface area contributed by atoms with Crippen molar-refractivity contribution in [3.05, 3.63) is 47.8 Å². The van der Waals surface area contributed by atoms with Gasteiger partial charge in [-0.15, -0.1) is 6.58 Å². The van der Waals surface area contributed by atoms with Crippen LogP contribution in [0.1, 0.15) is 51.0 Å². The fourth-order valence-corrected chi connectivity index (χ4v) is 2.95. The Balaban J connectivity index is 1.98. The van der Waals surface area contributed by atoms with Crippen LogP contribution in [0.5, 0.6) is 0 Å². The van der Waals surface area contributed by atoms with Crippen LogP contribution in [0.4, 0.5) is 4.39 Å². The van der Waals surface area contributed by atoms with E-state index in [1.807, 2.05) is 6.92 Å². The van der Waals surface area contributed by atoms with Crippen molar-refractivity contribution in [3.63, 3.8) is 0 Å². The molecule has 1 aliphatic rings. The van der Waals surface area contributed by atoms with Crippen molar-refractivity contribution in [3.8, 4) is 0 Å². The van der Waals surface area contributed by atoms with Gasteiger partial charge < -0.3 is 9.84 Å². The molecule has 0 radical (unpaired) electrons. The van der Waals surface area contributed by atoms with Crippen molar-refractivity contribution in [2.24, 2.45) is 0 Å². The largest absolute Gasteiger partial charge is 0.387 e. The lowest BCUT2D eigenvalue weighted by Gasteiger charge is -2.40. The normalized spacial score (nSPS) is 25.8. The van der Waals surface area contributed by atoms with Gasteiger partial charge in [-0.05, 0) is 38.7 Å². The van der Waals surface area contributed by atoms with E-state index in [1.165, 1.54) is 6.07 Å². The van der Waals surface area contributed by atoms with Gasteiger partial charge in [0, 0.05) is 5.56 Å². The van der Waals surface area contributed by atoms with Gasteiger partial charge in [-0.2, -0.15) is 0 Å². The minimum atomic E-state index is -0.803. The maximum Gasteiger partial charge on any atom is 0.128 e. The summed E-state index contributed by atoms with van der Waals surface area (Å²) < 4.78 is 19.5. The summed E-state index contributed by atoms with van der Waals surface area (Å²) >= 11 is 0. The molecule has 1 aromatic carbocycles. The molecular formula is C18H25FO2. The molecule has 1 aliphatic carbocycles. The standard InChI is InChI=1S/C18H25FO2/c1-14(2)10-12-18(20)11-6-5-9-17(18)21-13-15-7-3-4-8-16(15)19/h3-4,7-8,17,20H,1,5-6,9-13H2,2H3. The van der Waals surface area contributed by atoms with Crippen LogP contribution in [0.25, 0.3) is 0 Å². The fourth-order valence-electron chi connectivity index (χ4n) is 2.95. The molecule has 0 bridgehead atoms. The summed E-state index contributed by atoms with van der Waals surface area (Å²) in [5, 5.41) is 10.9. The van der Waals surface area contributed by atoms with Gasteiger partial charge in [0.15, 0.2) is 0 Å². The molecule has 2 nitrogen and oxygen atoms in total. The number of benzene rings is 1. The molecule has 0 spiro atoms. The van der Waals surface area contributed by atoms with Crippen molar-refractivity contribution in [1.82, 2.24) is 0 Å². The van der Waals surface area contributed by atoms with E-state index in [1.54, 1.807) is 18.2 Å². The second-order valence-electron chi connectivity index (χ2n) is 6.20. The highest BCUT2D eigenvalue weighted by atomic mass is 19.1. The highest BCUT2D eigenvalue weighted by Gasteiger charge is 2.39. The Labute approximate surface area is 126 Å². The molecule has 2 atom stereocenters.